The molecule has 0 heterocycles. The molecule has 0 amide bonds. The maximum atomic E-state index is 12.0. The van der Waals surface area contributed by atoms with Crippen LogP contribution in [-0.2, 0) is 14.8 Å². The van der Waals surface area contributed by atoms with Crippen LogP contribution in [-0.4, -0.2) is 51.0 Å². The molecule has 0 fully saturated rings. The Labute approximate surface area is 121 Å². The fourth-order valence-corrected chi connectivity index (χ4v) is 2.88. The molecule has 0 spiro atoms. The second-order valence-corrected chi connectivity index (χ2v) is 6.02. The van der Waals surface area contributed by atoms with Crippen molar-refractivity contribution in [3.8, 4) is 0 Å². The van der Waals surface area contributed by atoms with Gasteiger partial charge in [0.1, 0.15) is 0 Å². The number of aromatic carboxylic acids is 1. The molecule has 0 aromatic heterocycles. The van der Waals surface area contributed by atoms with Gasteiger partial charge in [0.15, 0.2) is 0 Å². The van der Waals surface area contributed by atoms with Crippen molar-refractivity contribution in [2.24, 2.45) is 0 Å². The summed E-state index contributed by atoms with van der Waals surface area (Å²) >= 11 is 5.67. The van der Waals surface area contributed by atoms with Gasteiger partial charge in [-0.25, -0.2) is 17.9 Å². The highest BCUT2D eigenvalue weighted by Gasteiger charge is 2.22. The van der Waals surface area contributed by atoms with Gasteiger partial charge < -0.3 is 14.9 Å². The lowest BCUT2D eigenvalue weighted by atomic mass is 10.2. The monoisotopic (exact) mass is 323 g/mol. The molecule has 1 unspecified atom stereocenters. The molecule has 1 atom stereocenters. The number of aliphatic hydroxyl groups is 1. The highest BCUT2D eigenvalue weighted by atomic mass is 35.5. The molecule has 3 N–H and O–H groups in total. The van der Waals surface area contributed by atoms with E-state index in [0.29, 0.717) is 0 Å². The number of hydrogen-bond donors (Lipinski definition) is 3. The van der Waals surface area contributed by atoms with Crippen LogP contribution in [0.4, 0.5) is 0 Å². The van der Waals surface area contributed by atoms with Crippen LogP contribution in [0.1, 0.15) is 10.4 Å². The fourth-order valence-electron chi connectivity index (χ4n) is 1.45. The minimum atomic E-state index is -3.98. The predicted molar refractivity (Wildman–Crippen MR) is 71.5 cm³/mol. The van der Waals surface area contributed by atoms with Crippen molar-refractivity contribution in [2.45, 2.75) is 10.9 Å². The van der Waals surface area contributed by atoms with Crippen molar-refractivity contribution >= 4 is 27.6 Å². The third-order valence-corrected chi connectivity index (χ3v) is 4.24. The van der Waals surface area contributed by atoms with Gasteiger partial charge in [-0.1, -0.05) is 11.6 Å². The van der Waals surface area contributed by atoms with E-state index in [9.17, 15) is 13.2 Å². The lowest BCUT2D eigenvalue weighted by Crippen LogP contribution is -2.40. The number of ether oxygens (including phenoxy) is 1. The van der Waals surface area contributed by atoms with E-state index in [0.717, 1.165) is 6.07 Å². The zero-order valence-corrected chi connectivity index (χ0v) is 12.1. The molecule has 0 bridgehead atoms. The van der Waals surface area contributed by atoms with Gasteiger partial charge in [-0.2, -0.15) is 0 Å². The van der Waals surface area contributed by atoms with Crippen molar-refractivity contribution in [1.29, 1.82) is 0 Å². The molecular weight excluding hydrogens is 310 g/mol. The van der Waals surface area contributed by atoms with E-state index in [1.165, 1.54) is 19.2 Å². The van der Waals surface area contributed by atoms with Crippen LogP contribution in [0.3, 0.4) is 0 Å². The van der Waals surface area contributed by atoms with E-state index < -0.39 is 28.6 Å². The first-order chi connectivity index (χ1) is 9.31. The third kappa shape index (κ3) is 4.15. The molecule has 0 aliphatic heterocycles. The minimum absolute atomic E-state index is 0.0187. The number of benzene rings is 1. The van der Waals surface area contributed by atoms with Crippen LogP contribution in [0.5, 0.6) is 0 Å². The van der Waals surface area contributed by atoms with E-state index in [1.54, 1.807) is 0 Å². The topological polar surface area (TPSA) is 113 Å². The summed E-state index contributed by atoms with van der Waals surface area (Å²) in [7, 11) is -2.62. The average Bonchev–Trinajstić information content (AvgIpc) is 2.37. The summed E-state index contributed by atoms with van der Waals surface area (Å²) in [6.07, 6.45) is 0. The van der Waals surface area contributed by atoms with Crippen molar-refractivity contribution in [2.75, 3.05) is 20.3 Å². The summed E-state index contributed by atoms with van der Waals surface area (Å²) < 4.78 is 31.1. The number of carboxylic acids is 1. The number of sulfonamides is 1. The van der Waals surface area contributed by atoms with Gasteiger partial charge in [-0.15, -0.1) is 0 Å². The number of hydrogen-bond acceptors (Lipinski definition) is 5. The number of carbonyl (C=O) groups is 1. The van der Waals surface area contributed by atoms with Gasteiger partial charge >= 0.3 is 5.97 Å². The number of rotatable bonds is 7. The molecule has 0 radical (unpaired) electrons. The molecule has 0 aliphatic carbocycles. The SMILES string of the molecule is COCC(CO)NS(=O)(=O)c1ccc(Cl)c(C(=O)O)c1. The fraction of sp³-hybridized carbons (Fsp3) is 0.364. The van der Waals surface area contributed by atoms with Crippen molar-refractivity contribution in [3.05, 3.63) is 28.8 Å². The lowest BCUT2D eigenvalue weighted by molar-refractivity contribution is 0.0697. The molecule has 0 aliphatic rings. The normalized spacial score (nSPS) is 13.2. The first kappa shape index (κ1) is 16.9. The van der Waals surface area contributed by atoms with Crippen LogP contribution in [0.25, 0.3) is 0 Å². The molecule has 112 valence electrons. The van der Waals surface area contributed by atoms with Crippen molar-refractivity contribution < 1.29 is 28.2 Å². The second-order valence-electron chi connectivity index (χ2n) is 3.90. The number of nitrogens with one attached hydrogen (secondary N) is 1. The predicted octanol–water partition coefficient (Wildman–Crippen LogP) is 0.324. The smallest absolute Gasteiger partial charge is 0.337 e. The van der Waals surface area contributed by atoms with E-state index >= 15 is 0 Å². The second kappa shape index (κ2) is 7.00. The summed E-state index contributed by atoms with van der Waals surface area (Å²) in [4.78, 5) is 10.7. The maximum Gasteiger partial charge on any atom is 0.337 e. The third-order valence-electron chi connectivity index (χ3n) is 2.39. The number of methoxy groups -OCH3 is 1. The summed E-state index contributed by atoms with van der Waals surface area (Å²) in [5.41, 5.74) is -0.318. The van der Waals surface area contributed by atoms with Crippen molar-refractivity contribution in [1.82, 2.24) is 4.72 Å². The Morgan fingerprint density at radius 1 is 1.50 bits per heavy atom. The number of halogens is 1. The summed E-state index contributed by atoms with van der Waals surface area (Å²) in [5.74, 6) is -1.33. The number of aliphatic hydroxyl groups excluding tert-OH is 1. The molecule has 1 rings (SSSR count). The van der Waals surface area contributed by atoms with Crippen LogP contribution in [0, 0.1) is 0 Å². The summed E-state index contributed by atoms with van der Waals surface area (Å²) in [6.45, 7) is -0.471. The minimum Gasteiger partial charge on any atom is -0.478 e. The quantitative estimate of drug-likeness (QED) is 0.666. The zero-order valence-electron chi connectivity index (χ0n) is 10.5. The van der Waals surface area contributed by atoms with Crippen LogP contribution in [0.15, 0.2) is 23.1 Å². The first-order valence-corrected chi connectivity index (χ1v) is 7.33. The Balaban J connectivity index is 3.09. The van der Waals surface area contributed by atoms with Gasteiger partial charge in [0, 0.05) is 7.11 Å². The van der Waals surface area contributed by atoms with Gasteiger partial charge in [0.2, 0.25) is 10.0 Å². The molecule has 1 aromatic rings. The van der Waals surface area contributed by atoms with E-state index in [4.69, 9.17) is 26.6 Å². The Hall–Kier alpha value is -1.19. The largest absolute Gasteiger partial charge is 0.478 e. The Morgan fingerprint density at radius 2 is 2.15 bits per heavy atom. The first-order valence-electron chi connectivity index (χ1n) is 5.46. The molecule has 7 nitrogen and oxygen atoms in total. The average molecular weight is 324 g/mol. The standard InChI is InChI=1S/C11H14ClNO6S/c1-19-6-7(5-14)13-20(17,18)8-2-3-10(12)9(4-8)11(15)16/h2-4,7,13-14H,5-6H2,1H3,(H,15,16). The molecule has 0 saturated carbocycles. The van der Waals surface area contributed by atoms with Crippen LogP contribution in [0.2, 0.25) is 5.02 Å². The van der Waals surface area contributed by atoms with E-state index in [-0.39, 0.29) is 22.1 Å². The Bertz CT molecular complexity index is 589. The lowest BCUT2D eigenvalue weighted by Gasteiger charge is -2.15. The zero-order chi connectivity index (χ0) is 15.3. The van der Waals surface area contributed by atoms with E-state index in [2.05, 4.69) is 4.72 Å². The molecule has 9 heteroatoms. The van der Waals surface area contributed by atoms with Crippen LogP contribution >= 0.6 is 11.6 Å². The number of carboxylic acid groups (broad SMARTS) is 1. The highest BCUT2D eigenvalue weighted by Crippen LogP contribution is 2.20. The maximum absolute atomic E-state index is 12.0. The molecular formula is C11H14ClNO6S. The Morgan fingerprint density at radius 3 is 2.65 bits per heavy atom. The van der Waals surface area contributed by atoms with Gasteiger partial charge in [-0.3, -0.25) is 0 Å². The molecule has 20 heavy (non-hydrogen) atoms. The Kier molecular flexibility index (Phi) is 5.90. The summed E-state index contributed by atoms with van der Waals surface area (Å²) in [6, 6.07) is 2.49. The van der Waals surface area contributed by atoms with Gasteiger partial charge in [0.25, 0.3) is 0 Å². The van der Waals surface area contributed by atoms with Gasteiger partial charge in [0.05, 0.1) is 34.7 Å². The molecule has 0 saturated heterocycles. The van der Waals surface area contributed by atoms with Crippen molar-refractivity contribution in [3.63, 3.8) is 0 Å². The van der Waals surface area contributed by atoms with Gasteiger partial charge in [-0.05, 0) is 18.2 Å². The van der Waals surface area contributed by atoms with E-state index in [1.807, 2.05) is 0 Å². The molecule has 1 aromatic carbocycles. The highest BCUT2D eigenvalue weighted by molar-refractivity contribution is 7.89. The van der Waals surface area contributed by atoms with Crippen LogP contribution < -0.4 is 4.72 Å². The summed E-state index contributed by atoms with van der Waals surface area (Å²) in [5, 5.41) is 17.9.